The average molecular weight is 417 g/mol. The van der Waals surface area contributed by atoms with Gasteiger partial charge in [-0.1, -0.05) is 24.3 Å². The fraction of sp³-hybridized carbons (Fsp3) is 0.364. The smallest absolute Gasteiger partial charge is 0.124 e. The van der Waals surface area contributed by atoms with Gasteiger partial charge in [-0.2, -0.15) is 25.3 Å². The maximum Gasteiger partial charge on any atom is 0.124 e. The maximum atomic E-state index is 9.69. The van der Waals surface area contributed by atoms with Crippen LogP contribution in [0.5, 0.6) is 11.5 Å². The van der Waals surface area contributed by atoms with Gasteiger partial charge in [-0.15, -0.1) is 0 Å². The zero-order chi connectivity index (χ0) is 20.2. The zero-order valence-electron chi connectivity index (χ0n) is 15.9. The van der Waals surface area contributed by atoms with Crippen LogP contribution in [0, 0.1) is 0 Å². The summed E-state index contributed by atoms with van der Waals surface area (Å²) in [6.45, 7) is 1.37. The lowest BCUT2D eigenvalue weighted by molar-refractivity contribution is 0.474. The Morgan fingerprint density at radius 3 is 1.46 bits per heavy atom. The highest BCUT2D eigenvalue weighted by Crippen LogP contribution is 2.17. The summed E-state index contributed by atoms with van der Waals surface area (Å²) in [7, 11) is 0. The Kier molecular flexibility index (Phi) is 10.0. The summed E-state index contributed by atoms with van der Waals surface area (Å²) in [5, 5.41) is 19.9. The molecule has 0 aliphatic rings. The number of hydrogen-bond acceptors (Lipinski definition) is 6. The lowest BCUT2D eigenvalue weighted by Crippen LogP contribution is -2.07. The van der Waals surface area contributed by atoms with Crippen LogP contribution in [0.4, 0.5) is 0 Å². The SMILES string of the molecule is Oc1ccccc1C=NCCC(S)CCC(S)CCN=Cc1ccccc1O. The monoisotopic (exact) mass is 416 g/mol. The van der Waals surface area contributed by atoms with Crippen molar-refractivity contribution < 1.29 is 10.2 Å². The summed E-state index contributed by atoms with van der Waals surface area (Å²) in [6, 6.07) is 14.3. The highest BCUT2D eigenvalue weighted by molar-refractivity contribution is 7.81. The number of hydrogen-bond donors (Lipinski definition) is 4. The lowest BCUT2D eigenvalue weighted by Gasteiger charge is -2.13. The first-order valence-electron chi connectivity index (χ1n) is 9.48. The van der Waals surface area contributed by atoms with Gasteiger partial charge in [0.15, 0.2) is 0 Å². The van der Waals surface area contributed by atoms with E-state index < -0.39 is 0 Å². The number of aromatic hydroxyl groups is 2. The van der Waals surface area contributed by atoms with Crippen LogP contribution in [-0.2, 0) is 0 Å². The number of thiol groups is 2. The normalized spacial score (nSPS) is 13.9. The molecule has 0 bridgehead atoms. The van der Waals surface area contributed by atoms with Crippen LogP contribution in [0.1, 0.15) is 36.8 Å². The third-order valence-corrected chi connectivity index (χ3v) is 5.38. The van der Waals surface area contributed by atoms with Gasteiger partial charge < -0.3 is 10.2 Å². The average Bonchev–Trinajstić information content (AvgIpc) is 2.69. The number of phenolic OH excluding ortho intramolecular Hbond substituents is 2. The Bertz CT molecular complexity index is 715. The number of nitrogens with zero attached hydrogens (tertiary/aromatic N) is 2. The summed E-state index contributed by atoms with van der Waals surface area (Å²) in [6.07, 6.45) is 7.15. The first-order valence-corrected chi connectivity index (χ1v) is 10.5. The Hall–Kier alpha value is -1.92. The van der Waals surface area contributed by atoms with Crippen LogP contribution < -0.4 is 0 Å². The van der Waals surface area contributed by atoms with Gasteiger partial charge in [0.25, 0.3) is 0 Å². The summed E-state index contributed by atoms with van der Waals surface area (Å²) >= 11 is 9.28. The van der Waals surface area contributed by atoms with E-state index >= 15 is 0 Å². The van der Waals surface area contributed by atoms with Crippen molar-refractivity contribution in [1.29, 1.82) is 0 Å². The highest BCUT2D eigenvalue weighted by atomic mass is 32.1. The largest absolute Gasteiger partial charge is 0.507 e. The third-order valence-electron chi connectivity index (χ3n) is 4.35. The molecule has 0 aliphatic heterocycles. The molecule has 0 aliphatic carbocycles. The van der Waals surface area contributed by atoms with E-state index in [2.05, 4.69) is 35.2 Å². The molecule has 150 valence electrons. The molecule has 6 heteroatoms. The van der Waals surface area contributed by atoms with Gasteiger partial charge >= 0.3 is 0 Å². The van der Waals surface area contributed by atoms with Gasteiger partial charge in [0.1, 0.15) is 11.5 Å². The molecule has 0 fully saturated rings. The number of phenols is 2. The van der Waals surface area contributed by atoms with Crippen LogP contribution in [0.15, 0.2) is 58.5 Å². The van der Waals surface area contributed by atoms with E-state index in [1.165, 1.54) is 0 Å². The van der Waals surface area contributed by atoms with Gasteiger partial charge in [0.05, 0.1) is 0 Å². The molecular weight excluding hydrogens is 388 g/mol. The van der Waals surface area contributed by atoms with Gasteiger partial charge in [-0.3, -0.25) is 9.98 Å². The minimum Gasteiger partial charge on any atom is -0.507 e. The van der Waals surface area contributed by atoms with Crippen molar-refractivity contribution in [2.24, 2.45) is 9.98 Å². The molecule has 2 N–H and O–H groups in total. The topological polar surface area (TPSA) is 65.2 Å². The predicted molar refractivity (Wildman–Crippen MR) is 125 cm³/mol. The van der Waals surface area contributed by atoms with E-state index in [0.29, 0.717) is 13.1 Å². The molecule has 2 atom stereocenters. The van der Waals surface area contributed by atoms with Crippen LogP contribution >= 0.6 is 25.3 Å². The van der Waals surface area contributed by atoms with Crippen LogP contribution in [0.2, 0.25) is 0 Å². The molecule has 4 nitrogen and oxygen atoms in total. The molecular formula is C22H28N2O2S2. The lowest BCUT2D eigenvalue weighted by atomic mass is 10.1. The standard InChI is InChI=1S/C22H28N2O2S2/c25-21-7-3-1-5-17(21)15-23-13-11-19(27)9-10-20(28)12-14-24-16-18-6-2-4-8-22(18)26/h1-8,15-16,19-20,25-28H,9-14H2. The van der Waals surface area contributed by atoms with E-state index in [9.17, 15) is 10.2 Å². The number of rotatable bonds is 11. The Labute approximate surface area is 178 Å². The number of para-hydroxylation sites is 2. The van der Waals surface area contributed by atoms with E-state index in [1.54, 1.807) is 36.7 Å². The van der Waals surface area contributed by atoms with Crippen molar-refractivity contribution >= 4 is 37.7 Å². The van der Waals surface area contributed by atoms with E-state index in [0.717, 1.165) is 36.8 Å². The second kappa shape index (κ2) is 12.5. The molecule has 0 saturated carbocycles. The summed E-state index contributed by atoms with van der Waals surface area (Å²) in [5.41, 5.74) is 1.47. The fourth-order valence-corrected chi connectivity index (χ4v) is 3.17. The van der Waals surface area contributed by atoms with Crippen molar-refractivity contribution in [3.8, 4) is 11.5 Å². The van der Waals surface area contributed by atoms with Crippen LogP contribution in [0.3, 0.4) is 0 Å². The number of benzene rings is 2. The molecule has 0 radical (unpaired) electrons. The summed E-state index contributed by atoms with van der Waals surface area (Å²) in [4.78, 5) is 8.75. The third kappa shape index (κ3) is 8.40. The van der Waals surface area contributed by atoms with Gasteiger partial charge in [0.2, 0.25) is 0 Å². The van der Waals surface area contributed by atoms with Gasteiger partial charge in [-0.05, 0) is 49.9 Å². The molecule has 0 aromatic heterocycles. The molecule has 0 saturated heterocycles. The predicted octanol–water partition coefficient (Wildman–Crippen LogP) is 4.79. The first kappa shape index (κ1) is 22.4. The summed E-state index contributed by atoms with van der Waals surface area (Å²) in [5.74, 6) is 0.494. The zero-order valence-corrected chi connectivity index (χ0v) is 17.6. The van der Waals surface area contributed by atoms with Crippen molar-refractivity contribution in [3.63, 3.8) is 0 Å². The Morgan fingerprint density at radius 2 is 1.07 bits per heavy atom. The molecule has 0 spiro atoms. The van der Waals surface area contributed by atoms with E-state index in [1.807, 2.05) is 24.3 Å². The molecule has 2 aromatic rings. The van der Waals surface area contributed by atoms with E-state index in [4.69, 9.17) is 0 Å². The Morgan fingerprint density at radius 1 is 0.679 bits per heavy atom. The number of aliphatic imine (C=N–C) groups is 2. The molecule has 2 rings (SSSR count). The second-order valence-electron chi connectivity index (χ2n) is 6.65. The quantitative estimate of drug-likeness (QED) is 0.314. The van der Waals surface area contributed by atoms with E-state index in [-0.39, 0.29) is 22.0 Å². The minimum absolute atomic E-state index is 0.247. The van der Waals surface area contributed by atoms with Crippen molar-refractivity contribution in [3.05, 3.63) is 59.7 Å². The van der Waals surface area contributed by atoms with Crippen LogP contribution in [0.25, 0.3) is 0 Å². The highest BCUT2D eigenvalue weighted by Gasteiger charge is 2.08. The summed E-state index contributed by atoms with van der Waals surface area (Å²) < 4.78 is 0. The molecule has 2 aromatic carbocycles. The fourth-order valence-electron chi connectivity index (χ4n) is 2.64. The molecule has 2 unspecified atom stereocenters. The first-order chi connectivity index (χ1) is 13.6. The van der Waals surface area contributed by atoms with Crippen molar-refractivity contribution in [2.75, 3.05) is 13.1 Å². The maximum absolute atomic E-state index is 9.69. The van der Waals surface area contributed by atoms with Crippen LogP contribution in [-0.4, -0.2) is 46.2 Å². The van der Waals surface area contributed by atoms with Gasteiger partial charge in [-0.25, -0.2) is 0 Å². The molecule has 0 heterocycles. The van der Waals surface area contributed by atoms with Crippen molar-refractivity contribution in [2.45, 2.75) is 36.2 Å². The second-order valence-corrected chi connectivity index (χ2v) is 8.11. The molecule has 28 heavy (non-hydrogen) atoms. The van der Waals surface area contributed by atoms with Gasteiger partial charge in [0, 0.05) is 47.1 Å². The Balaban J connectivity index is 1.59. The van der Waals surface area contributed by atoms with Crippen molar-refractivity contribution in [1.82, 2.24) is 0 Å². The minimum atomic E-state index is 0.247. The molecule has 0 amide bonds.